The number of hydrogen-bond donors (Lipinski definition) is 1. The second-order valence-electron chi connectivity index (χ2n) is 11.4. The van der Waals surface area contributed by atoms with Gasteiger partial charge in [-0.25, -0.2) is 4.39 Å². The summed E-state index contributed by atoms with van der Waals surface area (Å²) in [4.78, 5) is 15.8. The largest absolute Gasteiger partial charge is 0.416 e. The Balaban J connectivity index is 1.41. The van der Waals surface area contributed by atoms with Crippen molar-refractivity contribution in [3.63, 3.8) is 0 Å². The van der Waals surface area contributed by atoms with Crippen LogP contribution in [0, 0.1) is 11.7 Å². The summed E-state index contributed by atoms with van der Waals surface area (Å²) in [6, 6.07) is 6.88. The molecule has 2 aliphatic heterocycles. The van der Waals surface area contributed by atoms with Gasteiger partial charge in [-0.2, -0.15) is 26.3 Å². The molecule has 2 aromatic carbocycles. The zero-order valence-corrected chi connectivity index (χ0v) is 23.2. The molecule has 2 aliphatic rings. The molecule has 1 unspecified atom stereocenters. The Morgan fingerprint density at radius 3 is 1.95 bits per heavy atom. The average molecular weight is 589 g/mol. The molecule has 4 nitrogen and oxygen atoms in total. The third-order valence-corrected chi connectivity index (χ3v) is 8.54. The molecule has 2 aromatic rings. The van der Waals surface area contributed by atoms with Crippen molar-refractivity contribution < 1.29 is 40.3 Å². The van der Waals surface area contributed by atoms with Crippen LogP contribution in [0.25, 0.3) is 0 Å². The standard InChI is InChI=1S/C30H35F7N2O2/c1-18(2)28(27(40)38-19(3)22-14-23(29(32,33)34)16-24(15-22)30(35,36)37)11-8-26(17-41-28)39-12-9-21(10-13-39)20-4-6-25(31)7-5-20/h4-7,14-16,18-19,21,26H,8-13,17H2,1-3H3,(H,38,40)/t19?,26-,28+/m1/s1. The highest BCUT2D eigenvalue weighted by atomic mass is 19.4. The molecule has 2 heterocycles. The lowest BCUT2D eigenvalue weighted by Gasteiger charge is -2.46. The number of likely N-dealkylation sites (tertiary alicyclic amines) is 1. The molecule has 0 spiro atoms. The number of nitrogens with one attached hydrogen (secondary N) is 1. The third kappa shape index (κ3) is 7.05. The number of rotatable bonds is 6. The molecule has 2 saturated heterocycles. The Hall–Kier alpha value is -2.66. The van der Waals surface area contributed by atoms with E-state index in [1.807, 2.05) is 26.0 Å². The van der Waals surface area contributed by atoms with Crippen molar-refractivity contribution in [3.8, 4) is 0 Å². The Labute approximate surface area is 235 Å². The summed E-state index contributed by atoms with van der Waals surface area (Å²) in [7, 11) is 0. The Morgan fingerprint density at radius 2 is 1.49 bits per heavy atom. The van der Waals surface area contributed by atoms with Gasteiger partial charge in [-0.1, -0.05) is 26.0 Å². The van der Waals surface area contributed by atoms with E-state index in [1.54, 1.807) is 0 Å². The third-order valence-electron chi connectivity index (χ3n) is 8.54. The van der Waals surface area contributed by atoms with E-state index < -0.39 is 41.0 Å². The van der Waals surface area contributed by atoms with Gasteiger partial charge < -0.3 is 10.1 Å². The first kappa shape index (κ1) is 31.3. The zero-order valence-electron chi connectivity index (χ0n) is 23.2. The minimum absolute atomic E-state index is 0.0699. The highest BCUT2D eigenvalue weighted by Gasteiger charge is 2.47. The van der Waals surface area contributed by atoms with Gasteiger partial charge in [0.2, 0.25) is 0 Å². The minimum atomic E-state index is -4.98. The SMILES string of the molecule is CC(NC(=O)[C@@]1(C(C)C)CC[C@@H](N2CCC(c3ccc(F)cc3)CC2)CO1)c1cc(C(F)(F)F)cc(C(F)(F)F)c1. The van der Waals surface area contributed by atoms with Crippen molar-refractivity contribution in [1.82, 2.24) is 10.2 Å². The van der Waals surface area contributed by atoms with E-state index in [2.05, 4.69) is 10.2 Å². The first-order valence-corrected chi connectivity index (χ1v) is 13.8. The molecular weight excluding hydrogens is 553 g/mol. The van der Waals surface area contributed by atoms with E-state index in [1.165, 1.54) is 19.1 Å². The number of benzene rings is 2. The fraction of sp³-hybridized carbons (Fsp3) is 0.567. The van der Waals surface area contributed by atoms with E-state index in [-0.39, 0.29) is 36.0 Å². The fourth-order valence-electron chi connectivity index (χ4n) is 5.93. The van der Waals surface area contributed by atoms with Crippen LogP contribution in [0.3, 0.4) is 0 Å². The zero-order chi connectivity index (χ0) is 30.2. The number of amides is 1. The smallest absolute Gasteiger partial charge is 0.363 e. The van der Waals surface area contributed by atoms with Crippen molar-refractivity contribution in [2.75, 3.05) is 19.7 Å². The number of halogens is 7. The molecule has 2 fully saturated rings. The molecular formula is C30H35F7N2O2. The second-order valence-corrected chi connectivity index (χ2v) is 11.4. The lowest BCUT2D eigenvalue weighted by atomic mass is 9.80. The number of alkyl halides is 6. The topological polar surface area (TPSA) is 41.6 Å². The highest BCUT2D eigenvalue weighted by Crippen LogP contribution is 2.39. The number of ether oxygens (including phenoxy) is 1. The number of piperidine rings is 1. The van der Waals surface area contributed by atoms with Crippen LogP contribution < -0.4 is 5.32 Å². The van der Waals surface area contributed by atoms with E-state index in [0.717, 1.165) is 31.5 Å². The molecule has 11 heteroatoms. The van der Waals surface area contributed by atoms with Crippen LogP contribution in [-0.2, 0) is 21.9 Å². The van der Waals surface area contributed by atoms with Crippen molar-refractivity contribution >= 4 is 5.91 Å². The average Bonchev–Trinajstić information content (AvgIpc) is 2.92. The highest BCUT2D eigenvalue weighted by molar-refractivity contribution is 5.86. The molecule has 0 aliphatic carbocycles. The van der Waals surface area contributed by atoms with Crippen LogP contribution in [0.15, 0.2) is 42.5 Å². The first-order chi connectivity index (χ1) is 19.1. The minimum Gasteiger partial charge on any atom is -0.363 e. The quantitative estimate of drug-likeness (QED) is 0.356. The lowest BCUT2D eigenvalue weighted by Crippen LogP contribution is -2.59. The van der Waals surface area contributed by atoms with E-state index in [0.29, 0.717) is 30.9 Å². The van der Waals surface area contributed by atoms with Crippen molar-refractivity contribution in [2.45, 2.75) is 82.4 Å². The lowest BCUT2D eigenvalue weighted by molar-refractivity contribution is -0.170. The molecule has 226 valence electrons. The summed E-state index contributed by atoms with van der Waals surface area (Å²) in [6.45, 7) is 6.91. The Kier molecular flexibility index (Phi) is 9.09. The maximum absolute atomic E-state index is 13.5. The van der Waals surface area contributed by atoms with Gasteiger partial charge in [0.1, 0.15) is 11.4 Å². The van der Waals surface area contributed by atoms with Crippen LogP contribution in [0.1, 0.15) is 80.7 Å². The number of carbonyl (C=O) groups excluding carboxylic acids is 1. The van der Waals surface area contributed by atoms with Gasteiger partial charge in [-0.3, -0.25) is 9.69 Å². The fourth-order valence-corrected chi connectivity index (χ4v) is 5.93. The van der Waals surface area contributed by atoms with Crippen molar-refractivity contribution in [1.29, 1.82) is 0 Å². The van der Waals surface area contributed by atoms with E-state index in [9.17, 15) is 35.5 Å². The van der Waals surface area contributed by atoms with Crippen LogP contribution in [-0.4, -0.2) is 42.1 Å². The molecule has 0 saturated carbocycles. The summed E-state index contributed by atoms with van der Waals surface area (Å²) >= 11 is 0. The summed E-state index contributed by atoms with van der Waals surface area (Å²) in [5.74, 6) is -0.767. The maximum Gasteiger partial charge on any atom is 0.416 e. The number of nitrogens with zero attached hydrogens (tertiary/aromatic N) is 1. The predicted molar refractivity (Wildman–Crippen MR) is 139 cm³/mol. The summed E-state index contributed by atoms with van der Waals surface area (Å²) in [5, 5.41) is 2.63. The van der Waals surface area contributed by atoms with Gasteiger partial charge in [0.25, 0.3) is 5.91 Å². The predicted octanol–water partition coefficient (Wildman–Crippen LogP) is 7.49. The Morgan fingerprint density at radius 1 is 0.927 bits per heavy atom. The number of carbonyl (C=O) groups is 1. The van der Waals surface area contributed by atoms with Crippen LogP contribution in [0.4, 0.5) is 30.7 Å². The van der Waals surface area contributed by atoms with Gasteiger partial charge in [0, 0.05) is 6.04 Å². The second kappa shape index (κ2) is 11.9. The van der Waals surface area contributed by atoms with Gasteiger partial charge in [0.05, 0.1) is 23.8 Å². The van der Waals surface area contributed by atoms with Gasteiger partial charge in [-0.05, 0) is 99.0 Å². The van der Waals surface area contributed by atoms with Gasteiger partial charge in [-0.15, -0.1) is 0 Å². The Bertz CT molecular complexity index is 1160. The molecule has 1 N–H and O–H groups in total. The molecule has 0 bridgehead atoms. The van der Waals surface area contributed by atoms with Gasteiger partial charge in [0.15, 0.2) is 0 Å². The van der Waals surface area contributed by atoms with Crippen LogP contribution in [0.5, 0.6) is 0 Å². The monoisotopic (exact) mass is 588 g/mol. The summed E-state index contributed by atoms with van der Waals surface area (Å²) in [5.41, 5.74) is -3.30. The maximum atomic E-state index is 13.5. The molecule has 1 amide bonds. The molecule has 4 rings (SSSR count). The van der Waals surface area contributed by atoms with Crippen molar-refractivity contribution in [2.24, 2.45) is 5.92 Å². The molecule has 0 aromatic heterocycles. The van der Waals surface area contributed by atoms with Crippen molar-refractivity contribution in [3.05, 3.63) is 70.5 Å². The molecule has 3 atom stereocenters. The summed E-state index contributed by atoms with van der Waals surface area (Å²) in [6.07, 6.45) is -7.12. The van der Waals surface area contributed by atoms with E-state index >= 15 is 0 Å². The van der Waals surface area contributed by atoms with Crippen LogP contribution in [0.2, 0.25) is 0 Å². The molecule has 41 heavy (non-hydrogen) atoms. The number of hydrogen-bond acceptors (Lipinski definition) is 3. The van der Waals surface area contributed by atoms with Crippen LogP contribution >= 0.6 is 0 Å². The normalized spacial score (nSPS) is 23.9. The first-order valence-electron chi connectivity index (χ1n) is 13.8. The van der Waals surface area contributed by atoms with Gasteiger partial charge >= 0.3 is 12.4 Å². The summed E-state index contributed by atoms with van der Waals surface area (Å²) < 4.78 is 99.5. The van der Waals surface area contributed by atoms with E-state index in [4.69, 9.17) is 4.74 Å². The molecule has 0 radical (unpaired) electrons.